The summed E-state index contributed by atoms with van der Waals surface area (Å²) in [6, 6.07) is 4.11. The maximum absolute atomic E-state index is 6.66. The van der Waals surface area contributed by atoms with E-state index in [1.165, 1.54) is 64.2 Å². The molecule has 4 fully saturated rings. The van der Waals surface area contributed by atoms with Crippen LogP contribution in [-0.4, -0.2) is 11.1 Å². The zero-order valence-electron chi connectivity index (χ0n) is 16.6. The summed E-state index contributed by atoms with van der Waals surface area (Å²) in [5, 5.41) is 0. The minimum absolute atomic E-state index is 0.397. The smallest absolute Gasteiger partial charge is 0.138 e. The van der Waals surface area contributed by atoms with Crippen molar-refractivity contribution in [1.82, 2.24) is 4.98 Å². The van der Waals surface area contributed by atoms with Gasteiger partial charge in [0.1, 0.15) is 11.9 Å². The molecule has 26 heavy (non-hydrogen) atoms. The average molecular weight is 354 g/mol. The van der Waals surface area contributed by atoms with Gasteiger partial charge in [-0.25, -0.2) is 0 Å². The number of hydrogen-bond donors (Lipinski definition) is 0. The van der Waals surface area contributed by atoms with Crippen molar-refractivity contribution in [2.45, 2.75) is 84.2 Å². The number of aromatic nitrogens is 1. The summed E-state index contributed by atoms with van der Waals surface area (Å²) in [7, 11) is 0. The normalized spacial score (nSPS) is 47.5. The summed E-state index contributed by atoms with van der Waals surface area (Å²) in [6.45, 7) is 5.25. The van der Waals surface area contributed by atoms with Crippen LogP contribution in [-0.2, 0) is 0 Å². The van der Waals surface area contributed by atoms with E-state index in [2.05, 4.69) is 24.9 Å². The number of hydrogen-bond acceptors (Lipinski definition) is 2. The lowest BCUT2D eigenvalue weighted by Crippen LogP contribution is -2.57. The Kier molecular flexibility index (Phi) is 4.10. The molecule has 7 atom stereocenters. The van der Waals surface area contributed by atoms with Crippen molar-refractivity contribution in [1.29, 1.82) is 0 Å². The van der Waals surface area contributed by atoms with Crippen LogP contribution in [0.15, 0.2) is 24.5 Å². The molecule has 2 nitrogen and oxygen atoms in total. The number of nitrogens with zero attached hydrogens (tertiary/aromatic N) is 1. The minimum atomic E-state index is 0.397. The maximum Gasteiger partial charge on any atom is 0.138 e. The van der Waals surface area contributed by atoms with Crippen LogP contribution in [0, 0.1) is 34.5 Å². The second-order valence-corrected chi connectivity index (χ2v) is 10.4. The summed E-state index contributed by atoms with van der Waals surface area (Å²) in [5.74, 6) is 4.49. The first-order valence-corrected chi connectivity index (χ1v) is 11.2. The van der Waals surface area contributed by atoms with E-state index >= 15 is 0 Å². The zero-order valence-corrected chi connectivity index (χ0v) is 16.6. The molecule has 4 aliphatic rings. The fourth-order valence-electron chi connectivity index (χ4n) is 8.04. The van der Waals surface area contributed by atoms with Crippen LogP contribution in [0.1, 0.15) is 78.1 Å². The van der Waals surface area contributed by atoms with Crippen molar-refractivity contribution in [3.8, 4) is 5.75 Å². The summed E-state index contributed by atoms with van der Waals surface area (Å²) < 4.78 is 6.66. The Morgan fingerprint density at radius 2 is 1.85 bits per heavy atom. The first kappa shape index (κ1) is 17.1. The van der Waals surface area contributed by atoms with E-state index in [0.717, 1.165) is 29.4 Å². The molecule has 0 saturated heterocycles. The van der Waals surface area contributed by atoms with Crippen molar-refractivity contribution in [2.24, 2.45) is 34.5 Å². The highest BCUT2D eigenvalue weighted by Gasteiger charge is 2.60. The van der Waals surface area contributed by atoms with Crippen LogP contribution in [0.4, 0.5) is 0 Å². The van der Waals surface area contributed by atoms with Gasteiger partial charge in [-0.2, -0.15) is 0 Å². The molecule has 0 radical (unpaired) electrons. The van der Waals surface area contributed by atoms with Crippen molar-refractivity contribution in [2.75, 3.05) is 0 Å². The van der Waals surface area contributed by atoms with Crippen LogP contribution in [0.5, 0.6) is 5.75 Å². The van der Waals surface area contributed by atoms with E-state index in [9.17, 15) is 0 Å². The van der Waals surface area contributed by atoms with Gasteiger partial charge in [0.05, 0.1) is 6.20 Å². The summed E-state index contributed by atoms with van der Waals surface area (Å²) >= 11 is 0. The molecule has 4 saturated carbocycles. The number of fused-ring (bicyclic) bond motifs is 5. The van der Waals surface area contributed by atoms with Crippen molar-refractivity contribution in [3.05, 3.63) is 24.5 Å². The fourth-order valence-corrected chi connectivity index (χ4v) is 8.04. The molecular formula is C24H35NO. The Labute approximate surface area is 159 Å². The summed E-state index contributed by atoms with van der Waals surface area (Å²) in [4.78, 5) is 4.29. The van der Waals surface area contributed by atoms with Crippen LogP contribution in [0.3, 0.4) is 0 Å². The Morgan fingerprint density at radius 1 is 0.962 bits per heavy atom. The molecule has 1 aromatic rings. The Bertz CT molecular complexity index is 645. The van der Waals surface area contributed by atoms with Gasteiger partial charge in [0.15, 0.2) is 0 Å². The number of ether oxygens (including phenoxy) is 1. The molecular weight excluding hydrogens is 318 g/mol. The van der Waals surface area contributed by atoms with Gasteiger partial charge < -0.3 is 4.74 Å². The lowest BCUT2D eigenvalue weighted by atomic mass is 9.45. The van der Waals surface area contributed by atoms with Crippen molar-refractivity contribution < 1.29 is 4.74 Å². The molecule has 0 amide bonds. The Balaban J connectivity index is 1.48. The third-order valence-corrected chi connectivity index (χ3v) is 9.27. The molecule has 0 N–H and O–H groups in total. The van der Waals surface area contributed by atoms with E-state index in [0.29, 0.717) is 16.9 Å². The summed E-state index contributed by atoms with van der Waals surface area (Å²) in [5.41, 5.74) is 1.12. The van der Waals surface area contributed by atoms with E-state index in [-0.39, 0.29) is 0 Å². The zero-order chi connectivity index (χ0) is 17.8. The average Bonchev–Trinajstić information content (AvgIpc) is 3.04. The van der Waals surface area contributed by atoms with Crippen molar-refractivity contribution in [3.63, 3.8) is 0 Å². The van der Waals surface area contributed by atoms with E-state index in [1.807, 2.05) is 18.5 Å². The Hall–Kier alpha value is -1.05. The third-order valence-electron chi connectivity index (χ3n) is 9.27. The molecule has 0 aromatic carbocycles. The largest absolute Gasteiger partial charge is 0.488 e. The molecule has 5 rings (SSSR count). The van der Waals surface area contributed by atoms with Crippen LogP contribution in [0.2, 0.25) is 0 Å². The number of rotatable bonds is 2. The lowest BCUT2D eigenvalue weighted by Gasteiger charge is -2.61. The highest BCUT2D eigenvalue weighted by Crippen LogP contribution is 2.66. The van der Waals surface area contributed by atoms with Gasteiger partial charge in [-0.05, 0) is 85.7 Å². The fraction of sp³-hybridized carbons (Fsp3) is 0.792. The van der Waals surface area contributed by atoms with Crippen LogP contribution >= 0.6 is 0 Å². The van der Waals surface area contributed by atoms with Crippen LogP contribution < -0.4 is 4.74 Å². The van der Waals surface area contributed by atoms with Gasteiger partial charge in [0.2, 0.25) is 0 Å². The first-order chi connectivity index (χ1) is 12.6. The van der Waals surface area contributed by atoms with E-state index in [1.54, 1.807) is 0 Å². The number of pyridine rings is 1. The monoisotopic (exact) mass is 353 g/mol. The molecule has 1 heterocycles. The SMILES string of the molecule is C[C@@]12CCC[C@H]1[C@@H]1C[C@@H](Oc3cccnc3)[C@H]3CCCC[C@]3(C)[C@H]1CC2. The minimum Gasteiger partial charge on any atom is -0.488 e. The topological polar surface area (TPSA) is 22.1 Å². The summed E-state index contributed by atoms with van der Waals surface area (Å²) in [6.07, 6.45) is 18.4. The highest BCUT2D eigenvalue weighted by molar-refractivity contribution is 5.17. The molecule has 0 aliphatic heterocycles. The van der Waals surface area contributed by atoms with Gasteiger partial charge in [-0.15, -0.1) is 0 Å². The molecule has 4 aliphatic carbocycles. The van der Waals surface area contributed by atoms with Crippen LogP contribution in [0.25, 0.3) is 0 Å². The van der Waals surface area contributed by atoms with Gasteiger partial charge in [0.25, 0.3) is 0 Å². The molecule has 0 bridgehead atoms. The highest BCUT2D eigenvalue weighted by atomic mass is 16.5. The lowest BCUT2D eigenvalue weighted by molar-refractivity contribution is -0.146. The van der Waals surface area contributed by atoms with Crippen molar-refractivity contribution >= 4 is 0 Å². The van der Waals surface area contributed by atoms with E-state index < -0.39 is 0 Å². The van der Waals surface area contributed by atoms with Gasteiger partial charge in [-0.3, -0.25) is 4.98 Å². The first-order valence-electron chi connectivity index (χ1n) is 11.2. The predicted octanol–water partition coefficient (Wildman–Crippen LogP) is 6.26. The second kappa shape index (κ2) is 6.24. The quantitative estimate of drug-likeness (QED) is 0.626. The van der Waals surface area contributed by atoms with Gasteiger partial charge >= 0.3 is 0 Å². The predicted molar refractivity (Wildman–Crippen MR) is 105 cm³/mol. The molecule has 2 heteroatoms. The van der Waals surface area contributed by atoms with Gasteiger partial charge in [0, 0.05) is 12.1 Å². The molecule has 0 spiro atoms. The maximum atomic E-state index is 6.66. The second-order valence-electron chi connectivity index (χ2n) is 10.4. The van der Waals surface area contributed by atoms with E-state index in [4.69, 9.17) is 4.74 Å². The molecule has 1 aromatic heterocycles. The Morgan fingerprint density at radius 3 is 2.69 bits per heavy atom. The molecule has 0 unspecified atom stereocenters. The van der Waals surface area contributed by atoms with Gasteiger partial charge in [-0.1, -0.05) is 33.1 Å². The molecule has 142 valence electrons. The third kappa shape index (κ3) is 2.54. The standard InChI is InChI=1S/C24H35NO/c1-23-11-5-9-19(23)18-15-22(26-17-7-6-14-25-16-17)21-8-3-4-12-24(21,2)20(18)10-13-23/h6-7,14,16,18-22H,3-5,8-13,15H2,1-2H3/t18-,19-,20-,21+,22+,23-,24+/m0/s1.